The number of urea groups is 1. The normalized spacial score (nSPS) is 25.6. The highest BCUT2D eigenvalue weighted by Crippen LogP contribution is 2.27. The second kappa shape index (κ2) is 8.14. The van der Waals surface area contributed by atoms with Crippen molar-refractivity contribution in [3.63, 3.8) is 0 Å². The molecule has 3 nitrogen and oxygen atoms in total. The minimum Gasteiger partial charge on any atom is -0.336 e. The minimum absolute atomic E-state index is 0.00496. The van der Waals surface area contributed by atoms with Crippen LogP contribution in [0.5, 0.6) is 0 Å². The molecule has 0 radical (unpaired) electrons. The molecule has 0 saturated heterocycles. The Kier molecular flexibility index (Phi) is 7.19. The standard InChI is InChI=1S/C12H24N2OS2/c1-9(6-7-16-2)13-12(15)14-10-4-5-11(8-10)17-3/h9-11H,4-8H2,1-3H3,(H2,13,14,15)/t9-,10+,11+/m0/s1. The zero-order valence-electron chi connectivity index (χ0n) is 11.0. The van der Waals surface area contributed by atoms with Crippen LogP contribution in [0.4, 0.5) is 4.79 Å². The number of amides is 2. The first kappa shape index (κ1) is 15.0. The van der Waals surface area contributed by atoms with Gasteiger partial charge in [-0.25, -0.2) is 4.79 Å². The van der Waals surface area contributed by atoms with E-state index in [0.717, 1.165) is 30.3 Å². The molecule has 5 heteroatoms. The molecule has 0 aromatic carbocycles. The smallest absolute Gasteiger partial charge is 0.315 e. The van der Waals surface area contributed by atoms with Gasteiger partial charge in [-0.1, -0.05) is 0 Å². The van der Waals surface area contributed by atoms with Gasteiger partial charge in [-0.15, -0.1) is 0 Å². The van der Waals surface area contributed by atoms with E-state index in [1.54, 1.807) is 0 Å². The Morgan fingerprint density at radius 1 is 1.41 bits per heavy atom. The predicted octanol–water partition coefficient (Wildman–Crippen LogP) is 2.71. The molecule has 17 heavy (non-hydrogen) atoms. The van der Waals surface area contributed by atoms with E-state index < -0.39 is 0 Å². The number of nitrogens with one attached hydrogen (secondary N) is 2. The van der Waals surface area contributed by atoms with Gasteiger partial charge >= 0.3 is 6.03 Å². The summed E-state index contributed by atoms with van der Waals surface area (Å²) in [4.78, 5) is 11.7. The fraction of sp³-hybridized carbons (Fsp3) is 0.917. The van der Waals surface area contributed by atoms with Crippen molar-refractivity contribution in [1.82, 2.24) is 10.6 Å². The van der Waals surface area contributed by atoms with E-state index in [0.29, 0.717) is 6.04 Å². The molecule has 3 atom stereocenters. The van der Waals surface area contributed by atoms with Gasteiger partial charge in [0.05, 0.1) is 0 Å². The lowest BCUT2D eigenvalue weighted by Gasteiger charge is -2.17. The fourth-order valence-corrected chi connectivity index (χ4v) is 3.49. The molecule has 1 aliphatic rings. The maximum Gasteiger partial charge on any atom is 0.315 e. The van der Waals surface area contributed by atoms with Crippen molar-refractivity contribution in [3.05, 3.63) is 0 Å². The van der Waals surface area contributed by atoms with Gasteiger partial charge < -0.3 is 10.6 Å². The van der Waals surface area contributed by atoms with Gasteiger partial charge in [0.2, 0.25) is 0 Å². The summed E-state index contributed by atoms with van der Waals surface area (Å²) in [5.74, 6) is 1.10. The molecule has 1 aliphatic carbocycles. The van der Waals surface area contributed by atoms with Crippen molar-refractivity contribution in [3.8, 4) is 0 Å². The third-order valence-electron chi connectivity index (χ3n) is 3.19. The van der Waals surface area contributed by atoms with Crippen LogP contribution in [0, 0.1) is 0 Å². The van der Waals surface area contributed by atoms with Gasteiger partial charge in [0.25, 0.3) is 0 Å². The molecule has 0 aromatic rings. The zero-order chi connectivity index (χ0) is 12.7. The van der Waals surface area contributed by atoms with Gasteiger partial charge in [0, 0.05) is 17.3 Å². The molecule has 1 rings (SSSR count). The predicted molar refractivity (Wildman–Crippen MR) is 79.1 cm³/mol. The topological polar surface area (TPSA) is 41.1 Å². The first-order valence-electron chi connectivity index (χ1n) is 6.24. The van der Waals surface area contributed by atoms with Crippen LogP contribution in [0.1, 0.15) is 32.6 Å². The highest BCUT2D eigenvalue weighted by Gasteiger charge is 2.25. The van der Waals surface area contributed by atoms with Crippen LogP contribution in [0.15, 0.2) is 0 Å². The summed E-state index contributed by atoms with van der Waals surface area (Å²) in [5.41, 5.74) is 0. The number of hydrogen-bond acceptors (Lipinski definition) is 3. The van der Waals surface area contributed by atoms with Gasteiger partial charge in [0.15, 0.2) is 0 Å². The van der Waals surface area contributed by atoms with E-state index in [-0.39, 0.29) is 12.1 Å². The lowest BCUT2D eigenvalue weighted by atomic mass is 10.2. The summed E-state index contributed by atoms with van der Waals surface area (Å²) >= 11 is 3.73. The molecular formula is C12H24N2OS2. The molecular weight excluding hydrogens is 252 g/mol. The summed E-state index contributed by atoms with van der Waals surface area (Å²) in [6.07, 6.45) is 8.75. The largest absolute Gasteiger partial charge is 0.336 e. The summed E-state index contributed by atoms with van der Waals surface area (Å²) in [7, 11) is 0. The average Bonchev–Trinajstić information content (AvgIpc) is 2.73. The van der Waals surface area contributed by atoms with Gasteiger partial charge in [-0.3, -0.25) is 0 Å². The summed E-state index contributed by atoms with van der Waals surface area (Å²) in [5, 5.41) is 6.82. The van der Waals surface area contributed by atoms with Crippen molar-refractivity contribution in [2.75, 3.05) is 18.3 Å². The van der Waals surface area contributed by atoms with E-state index >= 15 is 0 Å². The Labute approximate surface area is 113 Å². The third kappa shape index (κ3) is 5.91. The number of rotatable bonds is 6. The Morgan fingerprint density at radius 2 is 2.18 bits per heavy atom. The van der Waals surface area contributed by atoms with Crippen molar-refractivity contribution in [1.29, 1.82) is 0 Å². The van der Waals surface area contributed by atoms with Gasteiger partial charge in [0.1, 0.15) is 0 Å². The molecule has 0 aromatic heterocycles. The second-order valence-corrected chi connectivity index (χ2v) is 6.79. The van der Waals surface area contributed by atoms with E-state index in [2.05, 4.69) is 30.1 Å². The van der Waals surface area contributed by atoms with Crippen LogP contribution in [-0.2, 0) is 0 Å². The third-order valence-corrected chi connectivity index (χ3v) is 4.92. The quantitative estimate of drug-likeness (QED) is 0.784. The van der Waals surface area contributed by atoms with Crippen molar-refractivity contribution >= 4 is 29.6 Å². The Bertz CT molecular complexity index is 239. The van der Waals surface area contributed by atoms with E-state index in [4.69, 9.17) is 0 Å². The van der Waals surface area contributed by atoms with Crippen LogP contribution >= 0.6 is 23.5 Å². The lowest BCUT2D eigenvalue weighted by molar-refractivity contribution is 0.234. The maximum atomic E-state index is 11.7. The van der Waals surface area contributed by atoms with E-state index in [1.165, 1.54) is 6.42 Å². The number of carbonyl (C=O) groups excluding carboxylic acids is 1. The highest BCUT2D eigenvalue weighted by molar-refractivity contribution is 7.99. The Balaban J connectivity index is 2.16. The first-order chi connectivity index (χ1) is 8.15. The average molecular weight is 276 g/mol. The van der Waals surface area contributed by atoms with E-state index in [9.17, 15) is 4.79 Å². The summed E-state index contributed by atoms with van der Waals surface area (Å²) in [6, 6.07) is 0.644. The highest BCUT2D eigenvalue weighted by atomic mass is 32.2. The Morgan fingerprint density at radius 3 is 2.76 bits per heavy atom. The fourth-order valence-electron chi connectivity index (χ4n) is 2.10. The Hall–Kier alpha value is -0.0300. The maximum absolute atomic E-state index is 11.7. The minimum atomic E-state index is 0.00496. The molecule has 2 N–H and O–H groups in total. The number of thioether (sulfide) groups is 2. The van der Waals surface area contributed by atoms with Crippen LogP contribution in [0.3, 0.4) is 0 Å². The molecule has 2 amide bonds. The number of hydrogen-bond donors (Lipinski definition) is 2. The molecule has 0 spiro atoms. The van der Waals surface area contributed by atoms with Crippen molar-refractivity contribution in [2.45, 2.75) is 49.9 Å². The van der Waals surface area contributed by atoms with Crippen molar-refractivity contribution in [2.24, 2.45) is 0 Å². The molecule has 1 saturated carbocycles. The lowest BCUT2D eigenvalue weighted by Crippen LogP contribution is -2.44. The summed E-state index contributed by atoms with van der Waals surface area (Å²) < 4.78 is 0. The molecule has 100 valence electrons. The zero-order valence-corrected chi connectivity index (χ0v) is 12.6. The van der Waals surface area contributed by atoms with Crippen LogP contribution in [-0.4, -0.2) is 41.6 Å². The molecule has 0 unspecified atom stereocenters. The van der Waals surface area contributed by atoms with Gasteiger partial charge in [-0.2, -0.15) is 23.5 Å². The molecule has 0 bridgehead atoms. The monoisotopic (exact) mass is 276 g/mol. The van der Waals surface area contributed by atoms with Crippen molar-refractivity contribution < 1.29 is 4.79 Å². The van der Waals surface area contributed by atoms with E-state index in [1.807, 2.05) is 23.5 Å². The SMILES string of the molecule is CSCC[C@H](C)NC(=O)N[C@@H]1CC[C@@H](SC)C1. The second-order valence-electron chi connectivity index (χ2n) is 4.67. The molecule has 1 fully saturated rings. The molecule has 0 heterocycles. The van der Waals surface area contributed by atoms with Crippen LogP contribution in [0.2, 0.25) is 0 Å². The van der Waals surface area contributed by atoms with Crippen LogP contribution in [0.25, 0.3) is 0 Å². The van der Waals surface area contributed by atoms with Gasteiger partial charge in [-0.05, 0) is 50.9 Å². The molecule has 0 aliphatic heterocycles. The summed E-state index contributed by atoms with van der Waals surface area (Å²) in [6.45, 7) is 2.06. The van der Waals surface area contributed by atoms with Crippen LogP contribution < -0.4 is 10.6 Å². The number of carbonyl (C=O) groups is 1. The first-order valence-corrected chi connectivity index (χ1v) is 8.92.